The Morgan fingerprint density at radius 1 is 1.21 bits per heavy atom. The Morgan fingerprint density at radius 3 is 2.62 bits per heavy atom. The van der Waals surface area contributed by atoms with E-state index in [2.05, 4.69) is 16.5 Å². The van der Waals surface area contributed by atoms with E-state index in [0.717, 1.165) is 10.9 Å². The molecule has 4 rings (SSSR count). The van der Waals surface area contributed by atoms with Crippen molar-refractivity contribution >= 4 is 34.2 Å². The lowest BCUT2D eigenvalue weighted by atomic mass is 10.1. The minimum absolute atomic E-state index is 0.190. The van der Waals surface area contributed by atoms with E-state index < -0.39 is 11.5 Å². The van der Waals surface area contributed by atoms with Crippen molar-refractivity contribution < 1.29 is 14.3 Å². The molecule has 2 aromatic carbocycles. The standard InChI is InChI=1S/C25H22ClN5O3/c1-15-12-21(29-22-19(15)6-5-7-20(22)33-4)31-23(16(13-27)14-28-31)30-24(32)25(2,3)34-18-10-8-17(26)9-11-18/h5-12,14H,1-4H3,(H,30,32). The van der Waals surface area contributed by atoms with Gasteiger partial charge in [-0.1, -0.05) is 23.7 Å². The predicted octanol–water partition coefficient (Wildman–Crippen LogP) is 5.06. The number of amides is 1. The summed E-state index contributed by atoms with van der Waals surface area (Å²) in [4.78, 5) is 17.9. The fourth-order valence-electron chi connectivity index (χ4n) is 3.47. The van der Waals surface area contributed by atoms with Gasteiger partial charge in [-0.2, -0.15) is 15.0 Å². The molecule has 2 heterocycles. The number of pyridine rings is 1. The lowest BCUT2D eigenvalue weighted by Gasteiger charge is -2.25. The average molecular weight is 476 g/mol. The number of nitrogens with one attached hydrogen (secondary N) is 1. The number of methoxy groups -OCH3 is 1. The Morgan fingerprint density at radius 2 is 1.94 bits per heavy atom. The molecule has 0 saturated heterocycles. The highest BCUT2D eigenvalue weighted by Crippen LogP contribution is 2.29. The molecule has 0 unspecified atom stereocenters. The van der Waals surface area contributed by atoms with E-state index in [1.165, 1.54) is 10.9 Å². The zero-order valence-electron chi connectivity index (χ0n) is 19.1. The van der Waals surface area contributed by atoms with Crippen LogP contribution in [0.5, 0.6) is 11.5 Å². The first-order valence-electron chi connectivity index (χ1n) is 10.4. The molecule has 0 fully saturated rings. The Bertz CT molecular complexity index is 1420. The van der Waals surface area contributed by atoms with Gasteiger partial charge in [0.05, 0.1) is 13.3 Å². The topological polar surface area (TPSA) is 102 Å². The quantitative estimate of drug-likeness (QED) is 0.418. The minimum Gasteiger partial charge on any atom is -0.494 e. The van der Waals surface area contributed by atoms with Gasteiger partial charge in [0.1, 0.15) is 28.6 Å². The van der Waals surface area contributed by atoms with E-state index in [4.69, 9.17) is 26.1 Å². The molecule has 0 saturated carbocycles. The van der Waals surface area contributed by atoms with Crippen LogP contribution in [0.4, 0.5) is 5.82 Å². The molecule has 0 aliphatic heterocycles. The highest BCUT2D eigenvalue weighted by molar-refractivity contribution is 6.30. The molecular formula is C25H22ClN5O3. The molecular weight excluding hydrogens is 454 g/mol. The summed E-state index contributed by atoms with van der Waals surface area (Å²) < 4.78 is 12.8. The average Bonchev–Trinajstić information content (AvgIpc) is 3.22. The van der Waals surface area contributed by atoms with E-state index in [9.17, 15) is 10.1 Å². The fraction of sp³-hybridized carbons (Fsp3) is 0.200. The van der Waals surface area contributed by atoms with Crippen LogP contribution in [0.15, 0.2) is 54.7 Å². The summed E-state index contributed by atoms with van der Waals surface area (Å²) in [7, 11) is 1.58. The van der Waals surface area contributed by atoms with Crippen LogP contribution < -0.4 is 14.8 Å². The van der Waals surface area contributed by atoms with Gasteiger partial charge in [0.15, 0.2) is 17.2 Å². The van der Waals surface area contributed by atoms with Gasteiger partial charge in [-0.3, -0.25) is 4.79 Å². The van der Waals surface area contributed by atoms with Crippen molar-refractivity contribution in [3.05, 3.63) is 70.9 Å². The van der Waals surface area contributed by atoms with E-state index in [1.54, 1.807) is 45.2 Å². The maximum atomic E-state index is 13.2. The van der Waals surface area contributed by atoms with Crippen molar-refractivity contribution in [2.75, 3.05) is 12.4 Å². The number of nitrogens with zero attached hydrogens (tertiary/aromatic N) is 4. The number of fused-ring (bicyclic) bond motifs is 1. The van der Waals surface area contributed by atoms with Crippen molar-refractivity contribution in [3.63, 3.8) is 0 Å². The second-order valence-corrected chi connectivity index (χ2v) is 8.54. The van der Waals surface area contributed by atoms with Gasteiger partial charge in [0.25, 0.3) is 5.91 Å². The molecule has 8 nitrogen and oxygen atoms in total. The largest absolute Gasteiger partial charge is 0.494 e. The van der Waals surface area contributed by atoms with Gasteiger partial charge in [-0.05, 0) is 62.7 Å². The van der Waals surface area contributed by atoms with Gasteiger partial charge >= 0.3 is 0 Å². The van der Waals surface area contributed by atoms with Crippen LogP contribution >= 0.6 is 11.6 Å². The molecule has 0 aliphatic rings. The number of hydrogen-bond donors (Lipinski definition) is 1. The Kier molecular flexibility index (Phi) is 6.14. The summed E-state index contributed by atoms with van der Waals surface area (Å²) >= 11 is 5.93. The molecule has 4 aromatic rings. The van der Waals surface area contributed by atoms with Gasteiger partial charge < -0.3 is 14.8 Å². The van der Waals surface area contributed by atoms with Crippen LogP contribution in [-0.2, 0) is 4.79 Å². The highest BCUT2D eigenvalue weighted by atomic mass is 35.5. The van der Waals surface area contributed by atoms with Crippen LogP contribution in [0, 0.1) is 18.3 Å². The van der Waals surface area contributed by atoms with Crippen molar-refractivity contribution in [1.29, 1.82) is 5.26 Å². The first kappa shape index (κ1) is 23.1. The fourth-order valence-corrected chi connectivity index (χ4v) is 3.60. The Hall–Kier alpha value is -4.09. The summed E-state index contributed by atoms with van der Waals surface area (Å²) in [5.41, 5.74) is 0.524. The summed E-state index contributed by atoms with van der Waals surface area (Å²) in [5, 5.41) is 18.2. The van der Waals surface area contributed by atoms with Crippen LogP contribution in [-0.4, -0.2) is 33.4 Å². The third-order valence-corrected chi connectivity index (χ3v) is 5.54. The summed E-state index contributed by atoms with van der Waals surface area (Å²) in [6, 6.07) is 16.3. The monoisotopic (exact) mass is 475 g/mol. The van der Waals surface area contributed by atoms with E-state index in [1.807, 2.05) is 31.2 Å². The predicted molar refractivity (Wildman–Crippen MR) is 130 cm³/mol. The number of para-hydroxylation sites is 1. The molecule has 2 aromatic heterocycles. The van der Waals surface area contributed by atoms with Gasteiger partial charge in [-0.15, -0.1) is 0 Å². The SMILES string of the molecule is COc1cccc2c(C)cc(-n3ncc(C#N)c3NC(=O)C(C)(C)Oc3ccc(Cl)cc3)nc12. The number of aryl methyl sites for hydroxylation is 1. The van der Waals surface area contributed by atoms with Gasteiger partial charge in [0, 0.05) is 10.4 Å². The number of rotatable bonds is 6. The molecule has 0 radical (unpaired) electrons. The van der Waals surface area contributed by atoms with Crippen molar-refractivity contribution in [2.45, 2.75) is 26.4 Å². The number of aromatic nitrogens is 3. The number of hydrogen-bond acceptors (Lipinski definition) is 6. The molecule has 0 atom stereocenters. The normalized spacial score (nSPS) is 11.2. The summed E-state index contributed by atoms with van der Waals surface area (Å²) in [6.07, 6.45) is 1.38. The number of halogens is 1. The molecule has 0 spiro atoms. The maximum absolute atomic E-state index is 13.2. The molecule has 1 amide bonds. The second kappa shape index (κ2) is 9.04. The molecule has 9 heteroatoms. The third-order valence-electron chi connectivity index (χ3n) is 5.29. The lowest BCUT2D eigenvalue weighted by Crippen LogP contribution is -2.43. The summed E-state index contributed by atoms with van der Waals surface area (Å²) in [5.74, 6) is 1.26. The van der Waals surface area contributed by atoms with Gasteiger partial charge in [0.2, 0.25) is 0 Å². The zero-order valence-corrected chi connectivity index (χ0v) is 19.8. The smallest absolute Gasteiger partial charge is 0.269 e. The minimum atomic E-state index is -1.26. The van der Waals surface area contributed by atoms with Crippen molar-refractivity contribution in [1.82, 2.24) is 14.8 Å². The number of ether oxygens (including phenoxy) is 2. The number of carbonyl (C=O) groups excluding carboxylic acids is 1. The molecule has 0 aliphatic carbocycles. The van der Waals surface area contributed by atoms with Crippen LogP contribution in [0.25, 0.3) is 16.7 Å². The number of nitriles is 1. The molecule has 0 bridgehead atoms. The molecule has 34 heavy (non-hydrogen) atoms. The maximum Gasteiger partial charge on any atom is 0.269 e. The van der Waals surface area contributed by atoms with Crippen LogP contribution in [0.1, 0.15) is 25.0 Å². The number of carbonyl (C=O) groups is 1. The van der Waals surface area contributed by atoms with E-state index >= 15 is 0 Å². The van der Waals surface area contributed by atoms with E-state index in [-0.39, 0.29) is 11.4 Å². The van der Waals surface area contributed by atoms with Crippen molar-refractivity contribution in [3.8, 4) is 23.4 Å². The first-order valence-corrected chi connectivity index (χ1v) is 10.8. The van der Waals surface area contributed by atoms with Crippen LogP contribution in [0.2, 0.25) is 5.02 Å². The Labute approximate surface area is 201 Å². The van der Waals surface area contributed by atoms with Gasteiger partial charge in [-0.25, -0.2) is 4.98 Å². The highest BCUT2D eigenvalue weighted by Gasteiger charge is 2.32. The second-order valence-electron chi connectivity index (χ2n) is 8.10. The third kappa shape index (κ3) is 4.38. The van der Waals surface area contributed by atoms with Crippen molar-refractivity contribution in [2.24, 2.45) is 0 Å². The molecule has 172 valence electrons. The summed E-state index contributed by atoms with van der Waals surface area (Å²) in [6.45, 7) is 5.21. The van der Waals surface area contributed by atoms with Crippen LogP contribution in [0.3, 0.4) is 0 Å². The molecule has 1 N–H and O–H groups in total. The number of anilines is 1. The lowest BCUT2D eigenvalue weighted by molar-refractivity contribution is -0.128. The zero-order chi connectivity index (χ0) is 24.5. The first-order chi connectivity index (χ1) is 16.2. The van der Waals surface area contributed by atoms with E-state index in [0.29, 0.717) is 27.9 Å². The number of benzene rings is 2. The Balaban J connectivity index is 1.71.